The highest BCUT2D eigenvalue weighted by Gasteiger charge is 2.29. The summed E-state index contributed by atoms with van der Waals surface area (Å²) >= 11 is 0. The summed E-state index contributed by atoms with van der Waals surface area (Å²) in [4.78, 5) is 22.5. The lowest BCUT2D eigenvalue weighted by Crippen LogP contribution is -2.44. The second-order valence-electron chi connectivity index (χ2n) is 6.57. The van der Waals surface area contributed by atoms with Crippen LogP contribution in [0.15, 0.2) is 29.3 Å². The van der Waals surface area contributed by atoms with Crippen LogP contribution in [-0.2, 0) is 0 Å². The van der Waals surface area contributed by atoms with Crippen molar-refractivity contribution in [1.82, 2.24) is 20.2 Å². The Morgan fingerprint density at radius 1 is 1.17 bits per heavy atom. The average molecular weight is 326 g/mol. The lowest BCUT2D eigenvalue weighted by Gasteiger charge is -2.36. The van der Waals surface area contributed by atoms with E-state index in [2.05, 4.69) is 30.4 Å². The van der Waals surface area contributed by atoms with Crippen LogP contribution >= 0.6 is 0 Å². The van der Waals surface area contributed by atoms with Crippen molar-refractivity contribution in [1.29, 1.82) is 0 Å². The summed E-state index contributed by atoms with van der Waals surface area (Å²) in [5.41, 5.74) is 0.932. The fraction of sp³-hybridized carbons (Fsp3) is 0.529. The van der Waals surface area contributed by atoms with E-state index in [-0.39, 0.29) is 5.56 Å². The van der Waals surface area contributed by atoms with E-state index >= 15 is 0 Å². The highest BCUT2D eigenvalue weighted by molar-refractivity contribution is 5.45. The molecule has 1 aliphatic heterocycles. The van der Waals surface area contributed by atoms with E-state index in [0.29, 0.717) is 12.0 Å². The zero-order valence-corrected chi connectivity index (χ0v) is 13.6. The van der Waals surface area contributed by atoms with Crippen LogP contribution in [0.1, 0.15) is 43.7 Å². The van der Waals surface area contributed by atoms with Crippen molar-refractivity contribution in [3.8, 4) is 0 Å². The van der Waals surface area contributed by atoms with Crippen molar-refractivity contribution in [2.45, 2.75) is 44.1 Å². The normalized spacial score (nSPS) is 20.8. The van der Waals surface area contributed by atoms with Gasteiger partial charge >= 0.3 is 0 Å². The maximum absolute atomic E-state index is 11.2. The molecule has 2 fully saturated rings. The number of anilines is 2. The summed E-state index contributed by atoms with van der Waals surface area (Å²) in [6.45, 7) is 1.76. The lowest BCUT2D eigenvalue weighted by atomic mass is 10.0. The number of nitrogens with one attached hydrogen (secondary N) is 2. The third-order valence-electron chi connectivity index (χ3n) is 4.78. The van der Waals surface area contributed by atoms with Gasteiger partial charge in [0.25, 0.3) is 5.56 Å². The largest absolute Gasteiger partial charge is 0.366 e. The average Bonchev–Trinajstić information content (AvgIpc) is 3.46. The van der Waals surface area contributed by atoms with Crippen molar-refractivity contribution < 1.29 is 0 Å². The smallest absolute Gasteiger partial charge is 0.264 e. The zero-order valence-electron chi connectivity index (χ0n) is 13.6. The summed E-state index contributed by atoms with van der Waals surface area (Å²) in [5, 5.41) is 10.2. The number of nitrogens with zero attached hydrogens (tertiary/aromatic N) is 4. The van der Waals surface area contributed by atoms with E-state index in [0.717, 1.165) is 43.3 Å². The Bertz CT molecular complexity index is 736. The molecule has 0 aromatic carbocycles. The van der Waals surface area contributed by atoms with E-state index in [4.69, 9.17) is 0 Å². The predicted molar refractivity (Wildman–Crippen MR) is 92.3 cm³/mol. The fourth-order valence-corrected chi connectivity index (χ4v) is 3.37. The number of hydrogen-bond donors (Lipinski definition) is 2. The molecular formula is C17H22N6O. The molecule has 2 aromatic rings. The molecule has 7 heteroatoms. The van der Waals surface area contributed by atoms with Crippen LogP contribution in [0.4, 0.5) is 11.6 Å². The summed E-state index contributed by atoms with van der Waals surface area (Å²) in [6.07, 6.45) is 9.41. The van der Waals surface area contributed by atoms with Crippen LogP contribution in [-0.4, -0.2) is 39.3 Å². The van der Waals surface area contributed by atoms with Crippen LogP contribution in [0.2, 0.25) is 0 Å². The van der Waals surface area contributed by atoms with E-state index in [1.807, 2.05) is 0 Å². The first-order chi connectivity index (χ1) is 11.8. The number of aromatic nitrogens is 4. The van der Waals surface area contributed by atoms with E-state index in [1.54, 1.807) is 18.5 Å². The highest BCUT2D eigenvalue weighted by atomic mass is 16.1. The Morgan fingerprint density at radius 3 is 2.83 bits per heavy atom. The fourth-order valence-electron chi connectivity index (χ4n) is 3.37. The number of piperidine rings is 1. The summed E-state index contributed by atoms with van der Waals surface area (Å²) in [5.74, 6) is 2.33. The second-order valence-corrected chi connectivity index (χ2v) is 6.57. The molecule has 1 unspecified atom stereocenters. The van der Waals surface area contributed by atoms with Crippen LogP contribution in [0.25, 0.3) is 0 Å². The monoisotopic (exact) mass is 326 g/mol. The molecule has 24 heavy (non-hydrogen) atoms. The van der Waals surface area contributed by atoms with Gasteiger partial charge in [0, 0.05) is 43.5 Å². The van der Waals surface area contributed by atoms with Gasteiger partial charge in [-0.05, 0) is 38.2 Å². The van der Waals surface area contributed by atoms with Gasteiger partial charge in [0.2, 0.25) is 0 Å². The molecule has 4 rings (SSSR count). The van der Waals surface area contributed by atoms with Gasteiger partial charge in [-0.25, -0.2) is 10.1 Å². The standard InChI is InChI=1S/C17H22N6O/c24-15-7-6-14(21-22-15)23-10-2-1-3-13(23)11-20-17-16(12-4-5-12)18-8-9-19-17/h6-9,12-13H,1-5,10-11H2,(H,19,20)(H,22,24). The highest BCUT2D eigenvalue weighted by Crippen LogP contribution is 2.41. The minimum Gasteiger partial charge on any atom is -0.366 e. The topological polar surface area (TPSA) is 86.8 Å². The lowest BCUT2D eigenvalue weighted by molar-refractivity contribution is 0.467. The molecule has 3 heterocycles. The Labute approximate surface area is 140 Å². The molecule has 0 spiro atoms. The minimum absolute atomic E-state index is 0.168. The van der Waals surface area contributed by atoms with Crippen molar-refractivity contribution >= 4 is 11.6 Å². The van der Waals surface area contributed by atoms with E-state index < -0.39 is 0 Å². The number of aromatic amines is 1. The number of rotatable bonds is 5. The van der Waals surface area contributed by atoms with Gasteiger partial charge in [-0.3, -0.25) is 9.78 Å². The third kappa shape index (κ3) is 3.25. The molecule has 1 atom stereocenters. The van der Waals surface area contributed by atoms with E-state index in [1.165, 1.54) is 25.3 Å². The molecule has 7 nitrogen and oxygen atoms in total. The molecule has 1 saturated heterocycles. The molecule has 126 valence electrons. The summed E-state index contributed by atoms with van der Waals surface area (Å²) in [6, 6.07) is 3.68. The maximum atomic E-state index is 11.2. The molecule has 2 aliphatic rings. The zero-order chi connectivity index (χ0) is 16.4. The molecule has 0 radical (unpaired) electrons. The SMILES string of the molecule is O=c1ccc(N2CCCCC2CNc2nccnc2C2CC2)n[nH]1. The molecule has 1 saturated carbocycles. The maximum Gasteiger partial charge on any atom is 0.264 e. The van der Waals surface area contributed by atoms with E-state index in [9.17, 15) is 4.79 Å². The molecule has 1 aliphatic carbocycles. The Balaban J connectivity index is 1.48. The molecule has 0 bridgehead atoms. The van der Waals surface area contributed by atoms with Gasteiger partial charge < -0.3 is 10.2 Å². The second kappa shape index (κ2) is 6.59. The van der Waals surface area contributed by atoms with Crippen LogP contribution in [0, 0.1) is 0 Å². The van der Waals surface area contributed by atoms with Crippen LogP contribution < -0.4 is 15.8 Å². The number of H-pyrrole nitrogens is 1. The van der Waals surface area contributed by atoms with Gasteiger partial charge in [-0.1, -0.05) is 0 Å². The van der Waals surface area contributed by atoms with Gasteiger partial charge in [0.15, 0.2) is 0 Å². The Morgan fingerprint density at radius 2 is 2.04 bits per heavy atom. The summed E-state index contributed by atoms with van der Waals surface area (Å²) < 4.78 is 0. The van der Waals surface area contributed by atoms with Crippen molar-refractivity contribution in [2.24, 2.45) is 0 Å². The Kier molecular flexibility index (Phi) is 4.15. The number of hydrogen-bond acceptors (Lipinski definition) is 6. The van der Waals surface area contributed by atoms with Gasteiger partial charge in [-0.2, -0.15) is 5.10 Å². The van der Waals surface area contributed by atoms with Gasteiger partial charge in [0.1, 0.15) is 11.6 Å². The van der Waals surface area contributed by atoms with Crippen molar-refractivity contribution in [3.63, 3.8) is 0 Å². The minimum atomic E-state index is -0.168. The first kappa shape index (κ1) is 15.1. The molecular weight excluding hydrogens is 304 g/mol. The first-order valence-electron chi connectivity index (χ1n) is 8.68. The van der Waals surface area contributed by atoms with Crippen molar-refractivity contribution in [2.75, 3.05) is 23.3 Å². The Hall–Kier alpha value is -2.44. The molecule has 2 N–H and O–H groups in total. The van der Waals surface area contributed by atoms with Gasteiger partial charge in [0.05, 0.1) is 5.69 Å². The quantitative estimate of drug-likeness (QED) is 0.873. The molecule has 2 aromatic heterocycles. The molecule has 0 amide bonds. The first-order valence-corrected chi connectivity index (χ1v) is 8.68. The summed E-state index contributed by atoms with van der Waals surface area (Å²) in [7, 11) is 0. The van der Waals surface area contributed by atoms with Crippen LogP contribution in [0.5, 0.6) is 0 Å². The van der Waals surface area contributed by atoms with Crippen molar-refractivity contribution in [3.05, 3.63) is 40.6 Å². The predicted octanol–water partition coefficient (Wildman–Crippen LogP) is 1.91. The third-order valence-corrected chi connectivity index (χ3v) is 4.78. The van der Waals surface area contributed by atoms with Gasteiger partial charge in [-0.15, -0.1) is 0 Å². The van der Waals surface area contributed by atoms with Crippen LogP contribution in [0.3, 0.4) is 0 Å².